The maximum Gasteiger partial charge on any atom is 0.120 e. The van der Waals surface area contributed by atoms with Crippen LogP contribution in [0.2, 0.25) is 0 Å². The average molecular weight is 321 g/mol. The number of hydrogen-bond donors (Lipinski definition) is 0. The number of para-hydroxylation sites is 1. The SMILES string of the molecule is [B]c1ccccc1OCCN1CCC(C)(Oc2cccc(C)c2)C1. The molecule has 0 bridgehead atoms. The molecule has 24 heavy (non-hydrogen) atoms. The molecule has 1 aliphatic heterocycles. The van der Waals surface area contributed by atoms with Gasteiger partial charge >= 0.3 is 0 Å². The van der Waals surface area contributed by atoms with Crippen molar-refractivity contribution in [2.75, 3.05) is 26.2 Å². The molecule has 3 rings (SSSR count). The molecule has 1 atom stereocenters. The summed E-state index contributed by atoms with van der Waals surface area (Å²) >= 11 is 0. The fourth-order valence-electron chi connectivity index (χ4n) is 3.16. The summed E-state index contributed by atoms with van der Waals surface area (Å²) in [7, 11) is 5.90. The third kappa shape index (κ3) is 4.32. The van der Waals surface area contributed by atoms with Gasteiger partial charge in [-0.3, -0.25) is 4.90 Å². The quantitative estimate of drug-likeness (QED) is 0.764. The summed E-state index contributed by atoms with van der Waals surface area (Å²) in [6.07, 6.45) is 1.02. The van der Waals surface area contributed by atoms with Crippen LogP contribution in [-0.4, -0.2) is 44.6 Å². The maximum atomic E-state index is 6.26. The smallest absolute Gasteiger partial charge is 0.120 e. The highest BCUT2D eigenvalue weighted by atomic mass is 16.5. The van der Waals surface area contributed by atoms with Crippen molar-refractivity contribution in [3.63, 3.8) is 0 Å². The van der Waals surface area contributed by atoms with Crippen molar-refractivity contribution in [2.24, 2.45) is 0 Å². The largest absolute Gasteiger partial charge is 0.493 e. The Hall–Kier alpha value is -1.94. The molecule has 0 saturated carbocycles. The first kappa shape index (κ1) is 16.9. The highest BCUT2D eigenvalue weighted by Crippen LogP contribution is 2.27. The van der Waals surface area contributed by atoms with E-state index < -0.39 is 0 Å². The van der Waals surface area contributed by atoms with Gasteiger partial charge in [-0.1, -0.05) is 35.8 Å². The monoisotopic (exact) mass is 321 g/mol. The molecule has 3 nitrogen and oxygen atoms in total. The first-order valence-electron chi connectivity index (χ1n) is 8.49. The molecule has 0 aliphatic carbocycles. The van der Waals surface area contributed by atoms with Crippen LogP contribution in [0.3, 0.4) is 0 Å². The van der Waals surface area contributed by atoms with Gasteiger partial charge in [-0.25, -0.2) is 0 Å². The lowest BCUT2D eigenvalue weighted by molar-refractivity contribution is 0.0935. The Morgan fingerprint density at radius 2 is 2.00 bits per heavy atom. The highest BCUT2D eigenvalue weighted by Gasteiger charge is 2.35. The summed E-state index contributed by atoms with van der Waals surface area (Å²) < 4.78 is 12.0. The van der Waals surface area contributed by atoms with Gasteiger partial charge in [0, 0.05) is 26.1 Å². The number of aryl methyl sites for hydroxylation is 1. The number of benzene rings is 2. The minimum Gasteiger partial charge on any atom is -0.493 e. The Labute approximate surface area is 146 Å². The highest BCUT2D eigenvalue weighted by molar-refractivity contribution is 6.34. The van der Waals surface area contributed by atoms with Crippen molar-refractivity contribution < 1.29 is 9.47 Å². The van der Waals surface area contributed by atoms with E-state index >= 15 is 0 Å². The lowest BCUT2D eigenvalue weighted by Crippen LogP contribution is -2.37. The van der Waals surface area contributed by atoms with E-state index in [-0.39, 0.29) is 5.60 Å². The van der Waals surface area contributed by atoms with Crippen LogP contribution in [-0.2, 0) is 0 Å². The van der Waals surface area contributed by atoms with E-state index in [2.05, 4.69) is 30.9 Å². The van der Waals surface area contributed by atoms with Crippen molar-refractivity contribution in [3.8, 4) is 11.5 Å². The Balaban J connectivity index is 1.49. The summed E-state index contributed by atoms with van der Waals surface area (Å²) in [5.74, 6) is 1.71. The molecule has 2 aromatic carbocycles. The number of hydrogen-bond acceptors (Lipinski definition) is 3. The molecule has 1 saturated heterocycles. The van der Waals surface area contributed by atoms with Gasteiger partial charge in [0.1, 0.15) is 31.6 Å². The van der Waals surface area contributed by atoms with Gasteiger partial charge in [-0.15, -0.1) is 0 Å². The standard InChI is InChI=1S/C20H24BNO2/c1-16-6-5-7-17(14-16)24-20(2)10-11-22(15-20)12-13-23-19-9-4-3-8-18(19)21/h3-9,14H,10-13,15H2,1-2H3. The molecule has 0 spiro atoms. The van der Waals surface area contributed by atoms with Crippen molar-refractivity contribution in [1.29, 1.82) is 0 Å². The first-order valence-corrected chi connectivity index (χ1v) is 8.49. The summed E-state index contributed by atoms with van der Waals surface area (Å²) in [6, 6.07) is 15.9. The maximum absolute atomic E-state index is 6.26. The Bertz CT molecular complexity index is 691. The van der Waals surface area contributed by atoms with Crippen LogP contribution in [0.4, 0.5) is 0 Å². The summed E-state index contributed by atoms with van der Waals surface area (Å²) in [6.45, 7) is 7.72. The molecule has 1 heterocycles. The number of ether oxygens (including phenoxy) is 2. The normalized spacial score (nSPS) is 20.9. The van der Waals surface area contributed by atoms with Crippen molar-refractivity contribution in [1.82, 2.24) is 4.90 Å². The number of nitrogens with zero attached hydrogens (tertiary/aromatic N) is 1. The Morgan fingerprint density at radius 1 is 1.17 bits per heavy atom. The molecule has 4 heteroatoms. The summed E-state index contributed by atoms with van der Waals surface area (Å²) in [5.41, 5.74) is 1.77. The van der Waals surface area contributed by atoms with Crippen LogP contribution < -0.4 is 14.9 Å². The van der Waals surface area contributed by atoms with Gasteiger partial charge in [0.05, 0.1) is 0 Å². The fraction of sp³-hybridized carbons (Fsp3) is 0.400. The van der Waals surface area contributed by atoms with Gasteiger partial charge in [0.2, 0.25) is 0 Å². The topological polar surface area (TPSA) is 21.7 Å². The summed E-state index contributed by atoms with van der Waals surface area (Å²) in [4.78, 5) is 2.38. The van der Waals surface area contributed by atoms with Crippen LogP contribution in [0, 0.1) is 6.92 Å². The second-order valence-corrected chi connectivity index (χ2v) is 6.78. The van der Waals surface area contributed by atoms with Crippen molar-refractivity contribution in [2.45, 2.75) is 25.9 Å². The van der Waals surface area contributed by atoms with Crippen LogP contribution in [0.5, 0.6) is 11.5 Å². The lowest BCUT2D eigenvalue weighted by atomic mass is 9.95. The third-order valence-electron chi connectivity index (χ3n) is 4.45. The zero-order valence-corrected chi connectivity index (χ0v) is 14.5. The van der Waals surface area contributed by atoms with Gasteiger partial charge in [-0.05, 0) is 37.6 Å². The lowest BCUT2D eigenvalue weighted by Gasteiger charge is -2.26. The van der Waals surface area contributed by atoms with Crippen LogP contribution in [0.15, 0.2) is 48.5 Å². The molecule has 0 aromatic heterocycles. The van der Waals surface area contributed by atoms with Crippen LogP contribution >= 0.6 is 0 Å². The molecule has 1 fully saturated rings. The Morgan fingerprint density at radius 3 is 2.79 bits per heavy atom. The molecule has 1 aliphatic rings. The molecule has 0 N–H and O–H groups in total. The zero-order valence-electron chi connectivity index (χ0n) is 14.5. The van der Waals surface area contributed by atoms with E-state index in [1.165, 1.54) is 5.56 Å². The second-order valence-electron chi connectivity index (χ2n) is 6.78. The predicted octanol–water partition coefficient (Wildman–Crippen LogP) is 2.71. The number of rotatable bonds is 6. The van der Waals surface area contributed by atoms with Gasteiger partial charge in [0.25, 0.3) is 0 Å². The molecular formula is C20H24BNO2. The van der Waals surface area contributed by atoms with E-state index in [9.17, 15) is 0 Å². The first-order chi connectivity index (χ1) is 11.5. The minimum absolute atomic E-state index is 0.139. The van der Waals surface area contributed by atoms with Gasteiger partial charge in [0.15, 0.2) is 0 Å². The summed E-state index contributed by atoms with van der Waals surface area (Å²) in [5, 5.41) is 0. The van der Waals surface area contributed by atoms with E-state index in [1.54, 1.807) is 0 Å². The molecule has 124 valence electrons. The fourth-order valence-corrected chi connectivity index (χ4v) is 3.16. The van der Waals surface area contributed by atoms with Crippen LogP contribution in [0.1, 0.15) is 18.9 Å². The van der Waals surface area contributed by atoms with E-state index in [4.69, 9.17) is 17.3 Å². The van der Waals surface area contributed by atoms with E-state index in [0.717, 1.165) is 37.6 Å². The number of likely N-dealkylation sites (tertiary alicyclic amines) is 1. The molecule has 1 unspecified atom stereocenters. The third-order valence-corrected chi connectivity index (χ3v) is 4.45. The molecule has 0 amide bonds. The average Bonchev–Trinajstić information content (AvgIpc) is 2.90. The second kappa shape index (κ2) is 7.31. The molecule has 2 aromatic rings. The van der Waals surface area contributed by atoms with E-state index in [1.807, 2.05) is 36.4 Å². The zero-order chi connectivity index (χ0) is 17.0. The van der Waals surface area contributed by atoms with Gasteiger partial charge in [-0.2, -0.15) is 0 Å². The predicted molar refractivity (Wildman–Crippen MR) is 98.6 cm³/mol. The molecular weight excluding hydrogens is 297 g/mol. The Kier molecular flexibility index (Phi) is 5.15. The van der Waals surface area contributed by atoms with Gasteiger partial charge < -0.3 is 9.47 Å². The van der Waals surface area contributed by atoms with E-state index in [0.29, 0.717) is 12.1 Å². The molecule has 2 radical (unpaired) electrons. The minimum atomic E-state index is -0.139. The van der Waals surface area contributed by atoms with Crippen molar-refractivity contribution in [3.05, 3.63) is 54.1 Å². The van der Waals surface area contributed by atoms with Crippen LogP contribution in [0.25, 0.3) is 0 Å². The van der Waals surface area contributed by atoms with Crippen molar-refractivity contribution >= 4 is 13.3 Å².